The highest BCUT2D eigenvalue weighted by Gasteiger charge is 2.30. The van der Waals surface area contributed by atoms with Gasteiger partial charge in [-0.25, -0.2) is 13.1 Å². The summed E-state index contributed by atoms with van der Waals surface area (Å²) in [4.78, 5) is 4.18. The number of halogens is 3. The number of ether oxygens (including phenoxy) is 1. The molecule has 1 aliphatic rings. The van der Waals surface area contributed by atoms with Crippen molar-refractivity contribution in [1.29, 1.82) is 0 Å². The molecule has 1 heterocycles. The first kappa shape index (κ1) is 22.4. The van der Waals surface area contributed by atoms with Crippen LogP contribution in [0.15, 0.2) is 53.4 Å². The molecule has 30 heavy (non-hydrogen) atoms. The number of nitrogens with one attached hydrogen (secondary N) is 1. The van der Waals surface area contributed by atoms with Crippen molar-refractivity contribution in [2.45, 2.75) is 11.1 Å². The molecule has 1 aliphatic heterocycles. The normalized spacial score (nSPS) is 15.9. The summed E-state index contributed by atoms with van der Waals surface area (Å²) in [6.07, 6.45) is -4.50. The molecule has 10 heteroatoms. The number of hydrogen-bond acceptors (Lipinski definition) is 5. The van der Waals surface area contributed by atoms with Gasteiger partial charge in [0.1, 0.15) is 5.75 Å². The second-order valence-corrected chi connectivity index (χ2v) is 8.69. The molecule has 0 unspecified atom stereocenters. The predicted molar refractivity (Wildman–Crippen MR) is 108 cm³/mol. The number of rotatable bonds is 7. The van der Waals surface area contributed by atoms with E-state index in [0.717, 1.165) is 61.9 Å². The standard InChI is InChI=1S/C20H24F3N3O3S/c1-29-19-5-3-2-4-18(19)26-14-12-25(13-15-26)11-10-24-30(27,28)17-8-6-16(7-9-17)20(21,22)23/h2-9,24H,10-15H2,1H3. The van der Waals surface area contributed by atoms with Gasteiger partial charge in [-0.05, 0) is 36.4 Å². The van der Waals surface area contributed by atoms with Gasteiger partial charge in [-0.15, -0.1) is 0 Å². The van der Waals surface area contributed by atoms with Crippen LogP contribution in [0.1, 0.15) is 5.56 Å². The zero-order chi connectivity index (χ0) is 21.8. The highest BCUT2D eigenvalue weighted by Crippen LogP contribution is 2.30. The number of methoxy groups -OCH3 is 1. The molecule has 0 radical (unpaired) electrons. The molecule has 0 atom stereocenters. The van der Waals surface area contributed by atoms with Gasteiger partial charge in [-0.2, -0.15) is 13.2 Å². The van der Waals surface area contributed by atoms with Crippen LogP contribution in [0.25, 0.3) is 0 Å². The molecule has 2 aromatic carbocycles. The number of sulfonamides is 1. The number of alkyl halides is 3. The molecule has 0 spiro atoms. The monoisotopic (exact) mass is 443 g/mol. The third-order valence-electron chi connectivity index (χ3n) is 5.01. The fourth-order valence-electron chi connectivity index (χ4n) is 3.35. The molecule has 0 amide bonds. The van der Waals surface area contributed by atoms with Crippen LogP contribution in [0.4, 0.5) is 18.9 Å². The van der Waals surface area contributed by atoms with E-state index < -0.39 is 21.8 Å². The van der Waals surface area contributed by atoms with Crippen LogP contribution in [0.3, 0.4) is 0 Å². The Balaban J connectivity index is 1.49. The SMILES string of the molecule is COc1ccccc1N1CCN(CCNS(=O)(=O)c2ccc(C(F)(F)F)cc2)CC1. The number of nitrogens with zero attached hydrogens (tertiary/aromatic N) is 2. The maximum Gasteiger partial charge on any atom is 0.416 e. The molecule has 0 saturated carbocycles. The lowest BCUT2D eigenvalue weighted by Crippen LogP contribution is -2.48. The second kappa shape index (κ2) is 9.23. The Morgan fingerprint density at radius 2 is 1.63 bits per heavy atom. The summed E-state index contributed by atoms with van der Waals surface area (Å²) < 4.78 is 70.3. The highest BCUT2D eigenvalue weighted by molar-refractivity contribution is 7.89. The fraction of sp³-hybridized carbons (Fsp3) is 0.400. The molecule has 1 N–H and O–H groups in total. The van der Waals surface area contributed by atoms with Crippen LogP contribution < -0.4 is 14.4 Å². The van der Waals surface area contributed by atoms with Gasteiger partial charge < -0.3 is 9.64 Å². The van der Waals surface area contributed by atoms with E-state index in [-0.39, 0.29) is 11.4 Å². The second-order valence-electron chi connectivity index (χ2n) is 6.92. The van der Waals surface area contributed by atoms with Gasteiger partial charge in [0.15, 0.2) is 0 Å². The number of benzene rings is 2. The Morgan fingerprint density at radius 1 is 1.00 bits per heavy atom. The summed E-state index contributed by atoms with van der Waals surface area (Å²) in [7, 11) is -2.22. The smallest absolute Gasteiger partial charge is 0.416 e. The van der Waals surface area contributed by atoms with E-state index in [1.165, 1.54) is 0 Å². The van der Waals surface area contributed by atoms with Crippen LogP contribution in [0.2, 0.25) is 0 Å². The largest absolute Gasteiger partial charge is 0.495 e. The molecular formula is C20H24F3N3O3S. The average molecular weight is 443 g/mol. The Kier molecular flexibility index (Phi) is 6.89. The van der Waals surface area contributed by atoms with Gasteiger partial charge in [0.05, 0.1) is 23.3 Å². The molecule has 6 nitrogen and oxygen atoms in total. The number of hydrogen-bond donors (Lipinski definition) is 1. The van der Waals surface area contributed by atoms with Crippen LogP contribution in [0, 0.1) is 0 Å². The van der Waals surface area contributed by atoms with Gasteiger partial charge in [-0.3, -0.25) is 4.90 Å². The summed E-state index contributed by atoms with van der Waals surface area (Å²) in [5.41, 5.74) is 0.150. The summed E-state index contributed by atoms with van der Waals surface area (Å²) in [6.45, 7) is 3.79. The van der Waals surface area contributed by atoms with Gasteiger partial charge in [-0.1, -0.05) is 12.1 Å². The van der Waals surface area contributed by atoms with Gasteiger partial charge in [0.25, 0.3) is 0 Å². The quantitative estimate of drug-likeness (QED) is 0.713. The minimum atomic E-state index is -4.50. The lowest BCUT2D eigenvalue weighted by Gasteiger charge is -2.36. The van der Waals surface area contributed by atoms with Crippen LogP contribution in [-0.4, -0.2) is 59.7 Å². The summed E-state index contributed by atoms with van der Waals surface area (Å²) in [5.74, 6) is 0.815. The fourth-order valence-corrected chi connectivity index (χ4v) is 4.37. The third kappa shape index (κ3) is 5.44. The van der Waals surface area contributed by atoms with Crippen LogP contribution in [0.5, 0.6) is 5.75 Å². The van der Waals surface area contributed by atoms with Crippen molar-refractivity contribution in [3.63, 3.8) is 0 Å². The number of piperazine rings is 1. The van der Waals surface area contributed by atoms with E-state index >= 15 is 0 Å². The highest BCUT2D eigenvalue weighted by atomic mass is 32.2. The minimum Gasteiger partial charge on any atom is -0.495 e. The first-order valence-electron chi connectivity index (χ1n) is 9.48. The molecule has 0 aliphatic carbocycles. The van der Waals surface area contributed by atoms with E-state index in [9.17, 15) is 21.6 Å². The summed E-state index contributed by atoms with van der Waals surface area (Å²) in [5, 5.41) is 0. The molecular weight excluding hydrogens is 419 g/mol. The zero-order valence-electron chi connectivity index (χ0n) is 16.5. The van der Waals surface area contributed by atoms with E-state index in [4.69, 9.17) is 4.74 Å². The van der Waals surface area contributed by atoms with E-state index in [1.54, 1.807) is 7.11 Å². The van der Waals surface area contributed by atoms with Crippen LogP contribution >= 0.6 is 0 Å². The Morgan fingerprint density at radius 3 is 2.23 bits per heavy atom. The lowest BCUT2D eigenvalue weighted by molar-refractivity contribution is -0.137. The van der Waals surface area contributed by atoms with Crippen molar-refractivity contribution in [2.75, 3.05) is 51.3 Å². The van der Waals surface area contributed by atoms with E-state index in [2.05, 4.69) is 14.5 Å². The Bertz CT molecular complexity index is 942. The number of para-hydroxylation sites is 2. The van der Waals surface area contributed by atoms with E-state index in [0.29, 0.717) is 6.54 Å². The molecule has 0 aromatic heterocycles. The minimum absolute atomic E-state index is 0.179. The summed E-state index contributed by atoms with van der Waals surface area (Å²) in [6, 6.07) is 11.3. The van der Waals surface area contributed by atoms with Crippen molar-refractivity contribution < 1.29 is 26.3 Å². The Hall–Kier alpha value is -2.30. The first-order valence-corrected chi connectivity index (χ1v) is 11.0. The van der Waals surface area contributed by atoms with Crippen molar-refractivity contribution in [3.05, 3.63) is 54.1 Å². The maximum absolute atomic E-state index is 12.6. The molecule has 0 bridgehead atoms. The van der Waals surface area contributed by atoms with Crippen molar-refractivity contribution in [3.8, 4) is 5.75 Å². The van der Waals surface area contributed by atoms with E-state index in [1.807, 2.05) is 24.3 Å². The van der Waals surface area contributed by atoms with Crippen LogP contribution in [-0.2, 0) is 16.2 Å². The predicted octanol–water partition coefficient (Wildman–Crippen LogP) is 2.81. The number of anilines is 1. The molecule has 1 fully saturated rings. The maximum atomic E-state index is 12.6. The lowest BCUT2D eigenvalue weighted by atomic mass is 10.2. The molecule has 2 aromatic rings. The molecule has 1 saturated heterocycles. The van der Waals surface area contributed by atoms with Gasteiger partial charge >= 0.3 is 6.18 Å². The summed E-state index contributed by atoms with van der Waals surface area (Å²) >= 11 is 0. The van der Waals surface area contributed by atoms with Crippen molar-refractivity contribution >= 4 is 15.7 Å². The van der Waals surface area contributed by atoms with Crippen molar-refractivity contribution in [2.24, 2.45) is 0 Å². The zero-order valence-corrected chi connectivity index (χ0v) is 17.3. The average Bonchev–Trinajstić information content (AvgIpc) is 2.73. The topological polar surface area (TPSA) is 61.9 Å². The van der Waals surface area contributed by atoms with Crippen molar-refractivity contribution in [1.82, 2.24) is 9.62 Å². The first-order chi connectivity index (χ1) is 14.2. The molecule has 164 valence electrons. The van der Waals surface area contributed by atoms with Gasteiger partial charge in [0, 0.05) is 39.3 Å². The third-order valence-corrected chi connectivity index (χ3v) is 6.49. The molecule has 3 rings (SSSR count). The Labute approximate surface area is 174 Å². The van der Waals surface area contributed by atoms with Gasteiger partial charge in [0.2, 0.25) is 10.0 Å².